The molecule has 0 radical (unpaired) electrons. The lowest BCUT2D eigenvalue weighted by Gasteiger charge is -2.38. The lowest BCUT2D eigenvalue weighted by Crippen LogP contribution is -2.46. The summed E-state index contributed by atoms with van der Waals surface area (Å²) >= 11 is 4.46. The summed E-state index contributed by atoms with van der Waals surface area (Å²) in [6.07, 6.45) is -0.406. The maximum absolute atomic E-state index is 12.2. The number of hydrogen-bond acceptors (Lipinski definition) is 4. The monoisotopic (exact) mass is 321 g/mol. The quantitative estimate of drug-likeness (QED) is 0.835. The maximum atomic E-state index is 12.2. The highest BCUT2D eigenvalue weighted by atomic mass is 32.1. The van der Waals surface area contributed by atoms with E-state index in [0.717, 1.165) is 16.8 Å². The Kier molecular flexibility index (Phi) is 4.09. The van der Waals surface area contributed by atoms with Gasteiger partial charge in [0.25, 0.3) is 5.91 Å². The maximum Gasteiger partial charge on any atom is 0.266 e. The molecule has 5 heteroatoms. The molecule has 0 aliphatic carbocycles. The molecule has 0 saturated carbocycles. The van der Waals surface area contributed by atoms with E-state index >= 15 is 0 Å². The second kappa shape index (κ2) is 6.19. The number of aryl methyl sites for hydroxylation is 1. The molecule has 1 amide bonds. The molecule has 0 fully saturated rings. The fourth-order valence-corrected chi connectivity index (χ4v) is 2.93. The summed E-state index contributed by atoms with van der Waals surface area (Å²) in [4.78, 5) is 14.0. The van der Waals surface area contributed by atoms with E-state index in [4.69, 9.17) is 0 Å². The van der Waals surface area contributed by atoms with Gasteiger partial charge in [0, 0.05) is 5.69 Å². The molecule has 1 aliphatic rings. The smallest absolute Gasteiger partial charge is 0.266 e. The van der Waals surface area contributed by atoms with Gasteiger partial charge in [0.15, 0.2) is 0 Å². The molecule has 114 valence electrons. The fourth-order valence-electron chi connectivity index (χ4n) is 2.55. The van der Waals surface area contributed by atoms with Gasteiger partial charge in [0.05, 0.1) is 5.03 Å². The number of hydrogen-bond donors (Lipinski definition) is 2. The Morgan fingerprint density at radius 3 is 2.39 bits per heavy atom. The molecule has 0 bridgehead atoms. The molecule has 1 atom stereocenters. The van der Waals surface area contributed by atoms with Crippen molar-refractivity contribution in [2.75, 3.05) is 4.90 Å². The first-order valence-electron chi connectivity index (χ1n) is 7.17. The number of amides is 1. The van der Waals surface area contributed by atoms with E-state index in [9.17, 15) is 10.1 Å². The number of carbonyl (C=O) groups is 1. The van der Waals surface area contributed by atoms with Crippen molar-refractivity contribution in [3.05, 3.63) is 76.3 Å². The molecule has 2 aromatic carbocycles. The van der Waals surface area contributed by atoms with Crippen molar-refractivity contribution < 1.29 is 4.79 Å². The van der Waals surface area contributed by atoms with Gasteiger partial charge >= 0.3 is 0 Å². The van der Waals surface area contributed by atoms with Crippen LogP contribution in [0, 0.1) is 18.3 Å². The van der Waals surface area contributed by atoms with E-state index in [2.05, 4.69) is 17.9 Å². The average molecular weight is 321 g/mol. The topological polar surface area (TPSA) is 56.1 Å². The van der Waals surface area contributed by atoms with Crippen LogP contribution in [0.5, 0.6) is 0 Å². The molecule has 23 heavy (non-hydrogen) atoms. The van der Waals surface area contributed by atoms with Gasteiger partial charge in [-0.1, -0.05) is 48.0 Å². The summed E-state index contributed by atoms with van der Waals surface area (Å²) in [6.45, 7) is 2.01. The van der Waals surface area contributed by atoms with Gasteiger partial charge in [0.2, 0.25) is 0 Å². The zero-order valence-electron chi connectivity index (χ0n) is 12.5. The minimum Gasteiger partial charge on any atom is -0.327 e. The highest BCUT2D eigenvalue weighted by Gasteiger charge is 2.33. The third kappa shape index (κ3) is 2.81. The van der Waals surface area contributed by atoms with Crippen LogP contribution in [0.1, 0.15) is 17.3 Å². The summed E-state index contributed by atoms with van der Waals surface area (Å²) in [7, 11) is 0. The predicted octanol–water partition coefficient (Wildman–Crippen LogP) is 3.30. The fraction of sp³-hybridized carbons (Fsp3) is 0.111. The van der Waals surface area contributed by atoms with Crippen LogP contribution in [0.4, 0.5) is 5.69 Å². The lowest BCUT2D eigenvalue weighted by atomic mass is 10.1. The van der Waals surface area contributed by atoms with Gasteiger partial charge in [-0.3, -0.25) is 4.79 Å². The highest BCUT2D eigenvalue weighted by Crippen LogP contribution is 2.35. The van der Waals surface area contributed by atoms with Crippen LogP contribution in [0.3, 0.4) is 0 Å². The molecule has 4 nitrogen and oxygen atoms in total. The van der Waals surface area contributed by atoms with Gasteiger partial charge in [-0.15, -0.1) is 12.6 Å². The minimum atomic E-state index is -0.408. The van der Waals surface area contributed by atoms with Gasteiger partial charge in [-0.25, -0.2) is 0 Å². The van der Waals surface area contributed by atoms with Crippen molar-refractivity contribution in [3.63, 3.8) is 0 Å². The van der Waals surface area contributed by atoms with Crippen LogP contribution in [-0.4, -0.2) is 5.91 Å². The lowest BCUT2D eigenvalue weighted by molar-refractivity contribution is -0.118. The van der Waals surface area contributed by atoms with Crippen molar-refractivity contribution in [3.8, 4) is 6.07 Å². The van der Waals surface area contributed by atoms with Crippen LogP contribution in [0.15, 0.2) is 65.2 Å². The number of anilines is 1. The Morgan fingerprint density at radius 1 is 1.13 bits per heavy atom. The third-order valence-electron chi connectivity index (χ3n) is 3.74. The molecule has 1 unspecified atom stereocenters. The van der Waals surface area contributed by atoms with E-state index in [1.54, 1.807) is 0 Å². The van der Waals surface area contributed by atoms with Gasteiger partial charge in [-0.2, -0.15) is 5.26 Å². The highest BCUT2D eigenvalue weighted by molar-refractivity contribution is 7.84. The SMILES string of the molecule is Cc1ccc(N2C(S)=C(C#N)C(=O)NC2c2ccccc2)cc1. The van der Waals surface area contributed by atoms with E-state index in [0.29, 0.717) is 5.03 Å². The zero-order chi connectivity index (χ0) is 16.4. The van der Waals surface area contributed by atoms with Crippen molar-refractivity contribution in [2.45, 2.75) is 13.1 Å². The Bertz CT molecular complexity index is 806. The standard InChI is InChI=1S/C18H15N3OS/c1-12-7-9-14(10-8-12)21-16(13-5-3-2-4-6-13)20-17(22)15(11-19)18(21)23/h2-10,16,23H,1H3,(H,20,22). The Hall–Kier alpha value is -2.71. The number of thiol groups is 1. The van der Waals surface area contributed by atoms with Crippen LogP contribution >= 0.6 is 12.6 Å². The molecular weight excluding hydrogens is 306 g/mol. The predicted molar refractivity (Wildman–Crippen MR) is 92.6 cm³/mol. The van der Waals surface area contributed by atoms with E-state index < -0.39 is 12.1 Å². The first kappa shape index (κ1) is 15.2. The molecule has 0 spiro atoms. The molecule has 1 heterocycles. The Morgan fingerprint density at radius 2 is 1.78 bits per heavy atom. The number of rotatable bonds is 2. The summed E-state index contributed by atoms with van der Waals surface area (Å²) in [6, 6.07) is 19.4. The zero-order valence-corrected chi connectivity index (χ0v) is 13.4. The minimum absolute atomic E-state index is 0.0149. The van der Waals surface area contributed by atoms with E-state index in [-0.39, 0.29) is 5.57 Å². The van der Waals surface area contributed by atoms with Crippen LogP contribution in [0.2, 0.25) is 0 Å². The molecule has 1 N–H and O–H groups in total. The van der Waals surface area contributed by atoms with Crippen LogP contribution in [-0.2, 0) is 4.79 Å². The molecular formula is C18H15N3OS. The summed E-state index contributed by atoms with van der Waals surface area (Å²) in [5, 5.41) is 12.5. The number of nitrogens with zero attached hydrogens (tertiary/aromatic N) is 2. The first-order valence-corrected chi connectivity index (χ1v) is 7.61. The first-order chi connectivity index (χ1) is 11.1. The van der Waals surface area contributed by atoms with Crippen molar-refractivity contribution in [1.29, 1.82) is 5.26 Å². The third-order valence-corrected chi connectivity index (χ3v) is 4.18. The van der Waals surface area contributed by atoms with E-state index in [1.165, 1.54) is 0 Å². The van der Waals surface area contributed by atoms with Crippen LogP contribution in [0.25, 0.3) is 0 Å². The average Bonchev–Trinajstić information content (AvgIpc) is 2.57. The largest absolute Gasteiger partial charge is 0.327 e. The normalized spacial score (nSPS) is 17.7. The van der Waals surface area contributed by atoms with Gasteiger partial charge in [0.1, 0.15) is 17.8 Å². The molecule has 0 saturated heterocycles. The number of benzene rings is 2. The Labute approximate surface area is 140 Å². The molecule has 3 rings (SSSR count). The molecule has 2 aromatic rings. The second-order valence-corrected chi connectivity index (χ2v) is 5.73. The molecule has 0 aromatic heterocycles. The van der Waals surface area contributed by atoms with Crippen molar-refractivity contribution in [1.82, 2.24) is 5.32 Å². The number of carbonyl (C=O) groups excluding carboxylic acids is 1. The summed E-state index contributed by atoms with van der Waals surface area (Å²) in [5.74, 6) is -0.408. The van der Waals surface area contributed by atoms with Crippen LogP contribution < -0.4 is 10.2 Å². The van der Waals surface area contributed by atoms with Crippen molar-refractivity contribution >= 4 is 24.2 Å². The number of nitrogens with one attached hydrogen (secondary N) is 1. The Balaban J connectivity index is 2.15. The van der Waals surface area contributed by atoms with Gasteiger partial charge in [-0.05, 0) is 24.6 Å². The summed E-state index contributed by atoms with van der Waals surface area (Å²) in [5.41, 5.74) is 2.93. The second-order valence-electron chi connectivity index (χ2n) is 5.30. The summed E-state index contributed by atoms with van der Waals surface area (Å²) < 4.78 is 0. The van der Waals surface area contributed by atoms with E-state index in [1.807, 2.05) is 72.5 Å². The van der Waals surface area contributed by atoms with Crippen molar-refractivity contribution in [2.24, 2.45) is 0 Å². The molecule has 1 aliphatic heterocycles. The van der Waals surface area contributed by atoms with Gasteiger partial charge < -0.3 is 10.2 Å². The number of nitriles is 1.